The third-order valence-electron chi connectivity index (χ3n) is 5.91. The molecule has 0 aromatic heterocycles. The predicted molar refractivity (Wildman–Crippen MR) is 153 cm³/mol. The zero-order valence-electron chi connectivity index (χ0n) is 22.7. The quantitative estimate of drug-likeness (QED) is 0.119. The second-order valence-electron chi connectivity index (χ2n) is 9.09. The van der Waals surface area contributed by atoms with Crippen LogP contribution < -0.4 is 16.0 Å². The Balaban J connectivity index is 2.08. The molecule has 10 nitrogen and oxygen atoms in total. The fraction of sp³-hybridized carbons (Fsp3) is 0.400. The molecule has 2 atom stereocenters. The van der Waals surface area contributed by atoms with E-state index in [4.69, 9.17) is 14.6 Å². The molecule has 0 saturated carbocycles. The summed E-state index contributed by atoms with van der Waals surface area (Å²) in [6.07, 6.45) is 4.64. The van der Waals surface area contributed by atoms with Gasteiger partial charge in [0.1, 0.15) is 12.6 Å². The molecule has 3 amide bonds. The Morgan fingerprint density at radius 3 is 2.48 bits per heavy atom. The van der Waals surface area contributed by atoms with Gasteiger partial charge in [0.2, 0.25) is 11.8 Å². The number of carbonyl (C=O) groups excluding carboxylic acids is 4. The zero-order valence-corrected chi connectivity index (χ0v) is 22.7. The number of aliphatic hydroxyl groups excluding tert-OH is 1. The molecule has 0 spiro atoms. The summed E-state index contributed by atoms with van der Waals surface area (Å²) in [5, 5.41) is 18.8. The van der Waals surface area contributed by atoms with Crippen molar-refractivity contribution in [2.75, 3.05) is 38.3 Å². The Hall–Kier alpha value is -4.02. The Kier molecular flexibility index (Phi) is 14.7. The van der Waals surface area contributed by atoms with Crippen molar-refractivity contribution in [1.82, 2.24) is 10.6 Å². The highest BCUT2D eigenvalue weighted by atomic mass is 16.5. The van der Waals surface area contributed by atoms with Crippen LogP contribution in [0.15, 0.2) is 67.8 Å². The molecule has 2 aromatic rings. The van der Waals surface area contributed by atoms with Crippen LogP contribution in [0.3, 0.4) is 0 Å². The van der Waals surface area contributed by atoms with E-state index in [2.05, 4.69) is 29.1 Å². The number of hydrogen-bond acceptors (Lipinski definition) is 7. The van der Waals surface area contributed by atoms with Crippen LogP contribution in [0.4, 0.5) is 5.69 Å². The number of esters is 1. The van der Waals surface area contributed by atoms with E-state index in [0.717, 1.165) is 10.8 Å². The summed E-state index contributed by atoms with van der Waals surface area (Å²) < 4.78 is 10.4. The molecule has 4 N–H and O–H groups in total. The van der Waals surface area contributed by atoms with Gasteiger partial charge in [0, 0.05) is 25.1 Å². The van der Waals surface area contributed by atoms with Gasteiger partial charge in [-0.2, -0.15) is 0 Å². The van der Waals surface area contributed by atoms with Crippen LogP contribution >= 0.6 is 0 Å². The molecule has 0 aliphatic heterocycles. The lowest BCUT2D eigenvalue weighted by atomic mass is 9.99. The molecule has 10 heteroatoms. The predicted octanol–water partition coefficient (Wildman–Crippen LogP) is 2.87. The lowest BCUT2D eigenvalue weighted by Crippen LogP contribution is -2.49. The van der Waals surface area contributed by atoms with Gasteiger partial charge in [-0.3, -0.25) is 19.2 Å². The molecular formula is C30H39N3O7. The van der Waals surface area contributed by atoms with Crippen LogP contribution in [-0.2, 0) is 28.7 Å². The minimum absolute atomic E-state index is 0.116. The van der Waals surface area contributed by atoms with Crippen LogP contribution in [0.25, 0.3) is 10.8 Å². The lowest BCUT2D eigenvalue weighted by molar-refractivity contribution is -0.146. The van der Waals surface area contributed by atoms with E-state index < -0.39 is 29.7 Å². The first kappa shape index (κ1) is 32.2. The second kappa shape index (κ2) is 18.3. The normalized spacial score (nSPS) is 12.1. The first-order valence-corrected chi connectivity index (χ1v) is 13.3. The van der Waals surface area contributed by atoms with E-state index in [1.807, 2.05) is 36.4 Å². The molecule has 40 heavy (non-hydrogen) atoms. The summed E-state index contributed by atoms with van der Waals surface area (Å²) in [4.78, 5) is 51.0. The van der Waals surface area contributed by atoms with Gasteiger partial charge in [-0.1, -0.05) is 42.5 Å². The van der Waals surface area contributed by atoms with Crippen molar-refractivity contribution in [2.24, 2.45) is 5.92 Å². The van der Waals surface area contributed by atoms with Crippen molar-refractivity contribution in [3.63, 3.8) is 0 Å². The molecule has 0 unspecified atom stereocenters. The number of amides is 3. The monoisotopic (exact) mass is 553 g/mol. The minimum atomic E-state index is -1.19. The number of rotatable bonds is 19. The average Bonchev–Trinajstić information content (AvgIpc) is 2.94. The molecular weight excluding hydrogens is 514 g/mol. The number of aliphatic hydroxyl groups is 1. The highest BCUT2D eigenvalue weighted by Crippen LogP contribution is 2.19. The number of unbranched alkanes of at least 4 members (excludes halogenated alkanes) is 1. The molecule has 0 heterocycles. The Bertz CT molecular complexity index is 1150. The second-order valence-corrected chi connectivity index (χ2v) is 9.09. The molecule has 0 saturated heterocycles. The smallest absolute Gasteiger partial charge is 0.305 e. The third kappa shape index (κ3) is 11.8. The van der Waals surface area contributed by atoms with Crippen LogP contribution in [0.5, 0.6) is 0 Å². The van der Waals surface area contributed by atoms with Crippen LogP contribution in [0, 0.1) is 5.92 Å². The van der Waals surface area contributed by atoms with Gasteiger partial charge in [0.25, 0.3) is 5.91 Å². The van der Waals surface area contributed by atoms with E-state index in [1.165, 1.54) is 6.08 Å². The summed E-state index contributed by atoms with van der Waals surface area (Å²) in [7, 11) is 0. The van der Waals surface area contributed by atoms with Gasteiger partial charge in [-0.15, -0.1) is 13.2 Å². The number of hydrogen-bond donors (Lipinski definition) is 4. The van der Waals surface area contributed by atoms with Crippen molar-refractivity contribution >= 4 is 40.2 Å². The summed E-state index contributed by atoms with van der Waals surface area (Å²) >= 11 is 0. The number of ether oxygens (including phenoxy) is 2. The topological polar surface area (TPSA) is 143 Å². The van der Waals surface area contributed by atoms with E-state index in [1.54, 1.807) is 12.1 Å². The third-order valence-corrected chi connectivity index (χ3v) is 5.91. The Morgan fingerprint density at radius 2 is 1.75 bits per heavy atom. The number of benzene rings is 2. The van der Waals surface area contributed by atoms with Gasteiger partial charge in [0.15, 0.2) is 0 Å². The maximum absolute atomic E-state index is 13.2. The van der Waals surface area contributed by atoms with Crippen LogP contribution in [0.2, 0.25) is 0 Å². The summed E-state index contributed by atoms with van der Waals surface area (Å²) in [6.45, 7) is 7.41. The summed E-state index contributed by atoms with van der Waals surface area (Å²) in [6, 6.07) is 11.9. The van der Waals surface area contributed by atoms with E-state index in [0.29, 0.717) is 18.5 Å². The van der Waals surface area contributed by atoms with Crippen LogP contribution in [-0.4, -0.2) is 67.8 Å². The van der Waals surface area contributed by atoms with Crippen molar-refractivity contribution in [2.45, 2.75) is 38.1 Å². The lowest BCUT2D eigenvalue weighted by Gasteiger charge is -2.22. The Morgan fingerprint density at radius 1 is 0.975 bits per heavy atom. The van der Waals surface area contributed by atoms with Crippen molar-refractivity contribution in [3.05, 3.63) is 67.8 Å². The van der Waals surface area contributed by atoms with Crippen molar-refractivity contribution in [1.29, 1.82) is 0 Å². The number of allylic oxidation sites excluding steroid dienone is 2. The molecule has 2 aromatic carbocycles. The van der Waals surface area contributed by atoms with E-state index >= 15 is 0 Å². The number of anilines is 1. The van der Waals surface area contributed by atoms with Gasteiger partial charge in [0.05, 0.1) is 25.7 Å². The molecule has 216 valence electrons. The maximum atomic E-state index is 13.2. The van der Waals surface area contributed by atoms with Crippen molar-refractivity contribution < 1.29 is 33.8 Å². The van der Waals surface area contributed by atoms with Gasteiger partial charge in [-0.25, -0.2) is 0 Å². The number of nitrogens with one attached hydrogen (secondary N) is 3. The van der Waals surface area contributed by atoms with Gasteiger partial charge < -0.3 is 30.5 Å². The average molecular weight is 554 g/mol. The SMILES string of the molecule is C=CCCCC(=O)OC[C@H](NC(=O)[C@@H](CC=C)CC(=O)NCCOCCO)C(=O)Nc1ccc2ccccc2c1. The summed E-state index contributed by atoms with van der Waals surface area (Å²) in [5.41, 5.74) is 0.519. The molecule has 0 bridgehead atoms. The zero-order chi connectivity index (χ0) is 29.2. The summed E-state index contributed by atoms with van der Waals surface area (Å²) in [5.74, 6) is -2.78. The van der Waals surface area contributed by atoms with Crippen LogP contribution in [0.1, 0.15) is 32.1 Å². The Labute approximate surface area is 234 Å². The maximum Gasteiger partial charge on any atom is 0.305 e. The van der Waals surface area contributed by atoms with Gasteiger partial charge in [-0.05, 0) is 42.2 Å². The first-order chi connectivity index (χ1) is 19.4. The minimum Gasteiger partial charge on any atom is -0.463 e. The molecule has 2 rings (SSSR count). The highest BCUT2D eigenvalue weighted by molar-refractivity contribution is 5.99. The van der Waals surface area contributed by atoms with Gasteiger partial charge >= 0.3 is 5.97 Å². The van der Waals surface area contributed by atoms with E-state index in [9.17, 15) is 19.2 Å². The molecule has 0 radical (unpaired) electrons. The standard InChI is InChI=1S/C30H39N3O7/c1-3-5-6-12-28(36)40-21-26(30(38)32-25-14-13-22-10-7-8-11-23(22)19-25)33-29(37)24(9-4-2)20-27(35)31-15-17-39-18-16-34/h3-4,7-8,10-11,13-14,19,24,26,34H,1-2,5-6,9,12,15-18,20-21H2,(H,31,35)(H,32,38)(H,33,37)/t24-,26-/m0/s1. The fourth-order valence-corrected chi connectivity index (χ4v) is 3.82. The highest BCUT2D eigenvalue weighted by Gasteiger charge is 2.28. The largest absolute Gasteiger partial charge is 0.463 e. The van der Waals surface area contributed by atoms with E-state index in [-0.39, 0.29) is 58.1 Å². The first-order valence-electron chi connectivity index (χ1n) is 13.3. The molecule has 0 aliphatic rings. The number of fused-ring (bicyclic) bond motifs is 1. The fourth-order valence-electron chi connectivity index (χ4n) is 3.82. The number of carbonyl (C=O) groups is 4. The molecule has 0 aliphatic carbocycles. The van der Waals surface area contributed by atoms with Crippen molar-refractivity contribution in [3.8, 4) is 0 Å². The molecule has 0 fully saturated rings.